The van der Waals surface area contributed by atoms with Gasteiger partial charge in [0.1, 0.15) is 0 Å². The van der Waals surface area contributed by atoms with Crippen molar-refractivity contribution in [3.8, 4) is 0 Å². The molecule has 4 fully saturated rings. The van der Waals surface area contributed by atoms with E-state index in [9.17, 15) is 14.7 Å². The van der Waals surface area contributed by atoms with Gasteiger partial charge in [0.15, 0.2) is 0 Å². The number of carboxylic acid groups (broad SMARTS) is 1. The SMILES string of the molecule is CCCCCCCCCCCCCCCCCC(=O)OCC1CC23CCC4C(C)(C(=O)O)CCCC4(C)C2CCC1C3. The van der Waals surface area contributed by atoms with Crippen LogP contribution >= 0.6 is 0 Å². The molecule has 4 aliphatic rings. The van der Waals surface area contributed by atoms with Gasteiger partial charge in [-0.05, 0) is 99.2 Å². The second-order valence-electron chi connectivity index (χ2n) is 16.0. The number of carbonyl (C=O) groups excluding carboxylic acids is 1. The lowest BCUT2D eigenvalue weighted by Crippen LogP contribution is -2.58. The monoisotopic (exact) mass is 586 g/mol. The van der Waals surface area contributed by atoms with E-state index in [1.54, 1.807) is 0 Å². The maximum absolute atomic E-state index is 12.6. The van der Waals surface area contributed by atoms with Crippen LogP contribution in [0.1, 0.15) is 181 Å². The van der Waals surface area contributed by atoms with Gasteiger partial charge in [0.25, 0.3) is 0 Å². The lowest BCUT2D eigenvalue weighted by atomic mass is 9.41. The zero-order chi connectivity index (χ0) is 30.1. The number of carbonyl (C=O) groups is 2. The Bertz CT molecular complexity index is 854. The molecule has 0 heterocycles. The molecule has 0 radical (unpaired) electrons. The minimum atomic E-state index is -0.576. The van der Waals surface area contributed by atoms with Crippen LogP contribution in [0.2, 0.25) is 0 Å². The van der Waals surface area contributed by atoms with Crippen LogP contribution in [0.25, 0.3) is 0 Å². The number of hydrogen-bond donors (Lipinski definition) is 1. The number of hydrogen-bond acceptors (Lipinski definition) is 3. The predicted octanol–water partition coefficient (Wildman–Crippen LogP) is 10.9. The third kappa shape index (κ3) is 7.96. The van der Waals surface area contributed by atoms with Crippen LogP contribution < -0.4 is 0 Å². The molecule has 1 spiro atoms. The van der Waals surface area contributed by atoms with Crippen molar-refractivity contribution in [1.29, 1.82) is 0 Å². The first-order valence-corrected chi connectivity index (χ1v) is 18.6. The molecule has 2 bridgehead atoms. The highest BCUT2D eigenvalue weighted by atomic mass is 16.5. The molecule has 7 atom stereocenters. The summed E-state index contributed by atoms with van der Waals surface area (Å²) < 4.78 is 5.91. The highest BCUT2D eigenvalue weighted by Gasteiger charge is 2.65. The molecule has 4 nitrogen and oxygen atoms in total. The average Bonchev–Trinajstić information content (AvgIpc) is 3.22. The molecule has 4 aliphatic carbocycles. The molecule has 0 aromatic heterocycles. The normalized spacial score (nSPS) is 35.4. The standard InChI is InChI=1S/C38H66O4/c1-4-5-6-7-8-9-10-11-12-13-14-15-16-17-18-20-34(39)42-29-31-28-38-26-23-32-36(2,33(38)22-21-30(31)27-38)24-19-25-37(32,3)35(40)41/h30-33H,4-29H2,1-3H3,(H,40,41). The molecule has 0 saturated heterocycles. The fraction of sp³-hybridized carbons (Fsp3) is 0.947. The number of unbranched alkanes of at least 4 members (excludes halogenated alkanes) is 14. The minimum absolute atomic E-state index is 0.0142. The second kappa shape index (κ2) is 15.8. The minimum Gasteiger partial charge on any atom is -0.481 e. The number of rotatable bonds is 19. The fourth-order valence-electron chi connectivity index (χ4n) is 11.0. The molecule has 0 aromatic rings. The molecule has 4 saturated carbocycles. The summed E-state index contributed by atoms with van der Waals surface area (Å²) >= 11 is 0. The molecular formula is C38H66O4. The van der Waals surface area contributed by atoms with E-state index >= 15 is 0 Å². The highest BCUT2D eigenvalue weighted by molar-refractivity contribution is 5.75. The van der Waals surface area contributed by atoms with E-state index in [4.69, 9.17) is 4.74 Å². The van der Waals surface area contributed by atoms with Gasteiger partial charge in [0, 0.05) is 6.42 Å². The summed E-state index contributed by atoms with van der Waals surface area (Å²) in [6, 6.07) is 0. The van der Waals surface area contributed by atoms with Gasteiger partial charge in [-0.25, -0.2) is 0 Å². The Kier molecular flexibility index (Phi) is 12.7. The lowest BCUT2D eigenvalue weighted by molar-refractivity contribution is -0.181. The van der Waals surface area contributed by atoms with Crippen molar-refractivity contribution in [3.63, 3.8) is 0 Å². The summed E-state index contributed by atoms with van der Waals surface area (Å²) in [7, 11) is 0. The van der Waals surface area contributed by atoms with Crippen LogP contribution in [0.3, 0.4) is 0 Å². The van der Waals surface area contributed by atoms with Crippen LogP contribution in [0.15, 0.2) is 0 Å². The Morgan fingerprint density at radius 1 is 0.714 bits per heavy atom. The second-order valence-corrected chi connectivity index (χ2v) is 16.0. The molecule has 0 aromatic carbocycles. The van der Waals surface area contributed by atoms with E-state index in [1.807, 2.05) is 6.92 Å². The summed E-state index contributed by atoms with van der Waals surface area (Å²) in [4.78, 5) is 25.0. The zero-order valence-corrected chi connectivity index (χ0v) is 27.9. The van der Waals surface area contributed by atoms with E-state index in [2.05, 4.69) is 13.8 Å². The van der Waals surface area contributed by atoms with Crippen LogP contribution in [0, 0.1) is 39.9 Å². The fourth-order valence-corrected chi connectivity index (χ4v) is 11.0. The van der Waals surface area contributed by atoms with Crippen LogP contribution in [-0.4, -0.2) is 23.7 Å². The summed E-state index contributed by atoms with van der Waals surface area (Å²) in [5, 5.41) is 10.2. The van der Waals surface area contributed by atoms with Crippen molar-refractivity contribution in [3.05, 3.63) is 0 Å². The molecular weight excluding hydrogens is 520 g/mol. The topological polar surface area (TPSA) is 63.6 Å². The van der Waals surface area contributed by atoms with E-state index in [1.165, 1.54) is 122 Å². The molecule has 4 heteroatoms. The summed E-state index contributed by atoms with van der Waals surface area (Å²) in [5.41, 5.74) is -0.0596. The first-order valence-electron chi connectivity index (χ1n) is 18.6. The number of ether oxygens (including phenoxy) is 1. The Morgan fingerprint density at radius 3 is 1.90 bits per heavy atom. The van der Waals surface area contributed by atoms with E-state index in [0.717, 1.165) is 32.1 Å². The third-order valence-electron chi connectivity index (χ3n) is 13.2. The Hall–Kier alpha value is -1.06. The predicted molar refractivity (Wildman–Crippen MR) is 172 cm³/mol. The summed E-state index contributed by atoms with van der Waals surface area (Å²) in [5.74, 6) is 1.58. The number of fused-ring (bicyclic) bond motifs is 3. The van der Waals surface area contributed by atoms with Crippen molar-refractivity contribution in [1.82, 2.24) is 0 Å². The number of aliphatic carboxylic acids is 1. The molecule has 7 unspecified atom stereocenters. The van der Waals surface area contributed by atoms with Crippen LogP contribution in [0.5, 0.6) is 0 Å². The van der Waals surface area contributed by atoms with Gasteiger partial charge >= 0.3 is 11.9 Å². The quantitative estimate of drug-likeness (QED) is 0.121. The maximum atomic E-state index is 12.6. The average molecular weight is 587 g/mol. The zero-order valence-electron chi connectivity index (χ0n) is 27.9. The molecule has 0 amide bonds. The third-order valence-corrected chi connectivity index (χ3v) is 13.2. The first-order chi connectivity index (χ1) is 20.2. The summed E-state index contributed by atoms with van der Waals surface area (Å²) in [6.07, 6.45) is 31.0. The van der Waals surface area contributed by atoms with Gasteiger partial charge in [-0.15, -0.1) is 0 Å². The smallest absolute Gasteiger partial charge is 0.309 e. The van der Waals surface area contributed by atoms with E-state index < -0.39 is 11.4 Å². The van der Waals surface area contributed by atoms with Crippen LogP contribution in [-0.2, 0) is 14.3 Å². The Labute approximate surface area is 258 Å². The molecule has 242 valence electrons. The largest absolute Gasteiger partial charge is 0.481 e. The van der Waals surface area contributed by atoms with Gasteiger partial charge < -0.3 is 9.84 Å². The van der Waals surface area contributed by atoms with Crippen molar-refractivity contribution in [2.45, 2.75) is 181 Å². The lowest BCUT2D eigenvalue weighted by Gasteiger charge is -2.63. The maximum Gasteiger partial charge on any atom is 0.309 e. The molecule has 42 heavy (non-hydrogen) atoms. The molecule has 1 N–H and O–H groups in total. The van der Waals surface area contributed by atoms with Crippen molar-refractivity contribution in [2.24, 2.45) is 39.9 Å². The van der Waals surface area contributed by atoms with Gasteiger partial charge in [-0.2, -0.15) is 0 Å². The Balaban J connectivity index is 1.07. The number of esters is 1. The molecule has 4 rings (SSSR count). The van der Waals surface area contributed by atoms with Gasteiger partial charge in [-0.1, -0.05) is 110 Å². The summed E-state index contributed by atoms with van der Waals surface area (Å²) in [6.45, 7) is 7.39. The van der Waals surface area contributed by atoms with E-state index in [-0.39, 0.29) is 11.4 Å². The number of carboxylic acids is 1. The van der Waals surface area contributed by atoms with Crippen molar-refractivity contribution < 1.29 is 19.4 Å². The Morgan fingerprint density at radius 2 is 1.31 bits per heavy atom. The van der Waals surface area contributed by atoms with Gasteiger partial charge in [0.05, 0.1) is 12.0 Å². The highest BCUT2D eigenvalue weighted by Crippen LogP contribution is 2.72. The van der Waals surface area contributed by atoms with Crippen molar-refractivity contribution in [2.75, 3.05) is 6.61 Å². The van der Waals surface area contributed by atoms with Crippen molar-refractivity contribution >= 4 is 11.9 Å². The van der Waals surface area contributed by atoms with Gasteiger partial charge in [-0.3, -0.25) is 9.59 Å². The van der Waals surface area contributed by atoms with Gasteiger partial charge in [0.2, 0.25) is 0 Å². The van der Waals surface area contributed by atoms with Crippen LogP contribution in [0.4, 0.5) is 0 Å². The van der Waals surface area contributed by atoms with E-state index in [0.29, 0.717) is 42.1 Å². The molecule has 0 aliphatic heterocycles. The first kappa shape index (κ1) is 33.8.